The van der Waals surface area contributed by atoms with E-state index in [1.807, 2.05) is 0 Å². The minimum absolute atomic E-state index is 0.0676. The zero-order chi connectivity index (χ0) is 16.1. The van der Waals surface area contributed by atoms with Crippen LogP contribution in [0.5, 0.6) is 0 Å². The Morgan fingerprint density at radius 3 is 2.68 bits per heavy atom. The summed E-state index contributed by atoms with van der Waals surface area (Å²) in [6.07, 6.45) is -0.529. The maximum atomic E-state index is 14.0. The molecule has 0 bridgehead atoms. The van der Waals surface area contributed by atoms with Crippen LogP contribution in [0.4, 0.5) is 20.0 Å². The van der Waals surface area contributed by atoms with Crippen molar-refractivity contribution in [1.82, 2.24) is 9.97 Å². The van der Waals surface area contributed by atoms with E-state index in [0.29, 0.717) is 0 Å². The highest BCUT2D eigenvalue weighted by Gasteiger charge is 2.40. The van der Waals surface area contributed by atoms with Crippen molar-refractivity contribution in [3.8, 4) is 0 Å². The van der Waals surface area contributed by atoms with Gasteiger partial charge in [-0.2, -0.15) is 13.4 Å². The topological polar surface area (TPSA) is 106 Å². The fourth-order valence-corrected chi connectivity index (χ4v) is 3.07. The van der Waals surface area contributed by atoms with Crippen molar-refractivity contribution in [3.05, 3.63) is 24.0 Å². The molecule has 0 aliphatic carbocycles. The molecule has 1 aliphatic heterocycles. The first-order valence-electron chi connectivity index (χ1n) is 6.23. The Morgan fingerprint density at radius 1 is 1.32 bits per heavy atom. The van der Waals surface area contributed by atoms with Crippen LogP contribution in [0.1, 0.15) is 6.42 Å². The zero-order valence-electron chi connectivity index (χ0n) is 11.0. The highest BCUT2D eigenvalue weighted by atomic mass is 32.3. The first-order chi connectivity index (χ1) is 10.3. The van der Waals surface area contributed by atoms with E-state index in [4.69, 9.17) is 5.73 Å². The van der Waals surface area contributed by atoms with Gasteiger partial charge in [0.25, 0.3) is 0 Å². The normalized spacial score (nSPS) is 19.1. The van der Waals surface area contributed by atoms with Crippen molar-refractivity contribution in [1.29, 1.82) is 0 Å². The van der Waals surface area contributed by atoms with Gasteiger partial charge in [0.05, 0.1) is 10.9 Å². The lowest BCUT2D eigenvalue weighted by Crippen LogP contribution is -2.28. The van der Waals surface area contributed by atoms with Crippen LogP contribution < -0.4 is 10.6 Å². The number of fused-ring (bicyclic) bond motifs is 1. The zero-order valence-corrected chi connectivity index (χ0v) is 11.8. The SMILES string of the molecule is Nc1nc(N2CC(S(=O)(=O)F)CC2=O)c2c(F)cccc2n1. The van der Waals surface area contributed by atoms with Crippen LogP contribution in [0, 0.1) is 5.82 Å². The molecule has 2 N–H and O–H groups in total. The number of nitrogen functional groups attached to an aromatic ring is 1. The summed E-state index contributed by atoms with van der Waals surface area (Å²) in [4.78, 5) is 20.6. The number of carbonyl (C=O) groups excluding carboxylic acids is 1. The number of nitrogens with zero attached hydrogens (tertiary/aromatic N) is 3. The molecule has 116 valence electrons. The monoisotopic (exact) mass is 328 g/mol. The van der Waals surface area contributed by atoms with Crippen LogP contribution in [0.15, 0.2) is 18.2 Å². The van der Waals surface area contributed by atoms with E-state index in [9.17, 15) is 21.5 Å². The number of hydrogen-bond donors (Lipinski definition) is 1. The fourth-order valence-electron chi connectivity index (χ4n) is 2.40. The molecular weight excluding hydrogens is 318 g/mol. The Kier molecular flexibility index (Phi) is 3.20. The third kappa shape index (κ3) is 2.34. The van der Waals surface area contributed by atoms with E-state index in [1.165, 1.54) is 12.1 Å². The van der Waals surface area contributed by atoms with Gasteiger partial charge < -0.3 is 5.73 Å². The second kappa shape index (κ2) is 4.83. The highest BCUT2D eigenvalue weighted by Crippen LogP contribution is 2.31. The molecule has 22 heavy (non-hydrogen) atoms. The summed E-state index contributed by atoms with van der Waals surface area (Å²) in [7, 11) is -4.88. The molecule has 1 fully saturated rings. The first kappa shape index (κ1) is 14.6. The lowest BCUT2D eigenvalue weighted by Gasteiger charge is -2.17. The summed E-state index contributed by atoms with van der Waals surface area (Å²) in [6, 6.07) is 4.04. The maximum Gasteiger partial charge on any atom is 0.307 e. The summed E-state index contributed by atoms with van der Waals surface area (Å²) >= 11 is 0. The van der Waals surface area contributed by atoms with Gasteiger partial charge >= 0.3 is 10.2 Å². The Balaban J connectivity index is 2.17. The van der Waals surface area contributed by atoms with Gasteiger partial charge in [-0.1, -0.05) is 6.07 Å². The molecule has 2 aromatic rings. The van der Waals surface area contributed by atoms with Crippen molar-refractivity contribution in [2.75, 3.05) is 17.2 Å². The molecule has 10 heteroatoms. The molecule has 3 rings (SSSR count). The van der Waals surface area contributed by atoms with Crippen LogP contribution in [-0.4, -0.2) is 36.1 Å². The summed E-state index contributed by atoms with van der Waals surface area (Å²) in [5.74, 6) is -1.72. The van der Waals surface area contributed by atoms with E-state index in [-0.39, 0.29) is 22.7 Å². The molecular formula is C12H10F2N4O3S. The smallest absolute Gasteiger partial charge is 0.307 e. The number of anilines is 2. The average Bonchev–Trinajstić information content (AvgIpc) is 2.79. The lowest BCUT2D eigenvalue weighted by atomic mass is 10.2. The Morgan fingerprint density at radius 2 is 2.05 bits per heavy atom. The van der Waals surface area contributed by atoms with E-state index < -0.39 is 40.2 Å². The van der Waals surface area contributed by atoms with Gasteiger partial charge in [-0.05, 0) is 12.1 Å². The van der Waals surface area contributed by atoms with Gasteiger partial charge in [-0.25, -0.2) is 9.37 Å². The predicted octanol–water partition coefficient (Wildman–Crippen LogP) is 0.756. The summed E-state index contributed by atoms with van der Waals surface area (Å²) in [6.45, 7) is -0.447. The van der Waals surface area contributed by atoms with Gasteiger partial charge in [0.1, 0.15) is 11.1 Å². The number of halogens is 2. The standard InChI is InChI=1S/C12H10F2N4O3S/c13-7-2-1-3-8-10(7)11(17-12(15)16-8)18-5-6(4-9(18)19)22(14,20)21/h1-3,6H,4-5H2,(H2,15,16,17). The highest BCUT2D eigenvalue weighted by molar-refractivity contribution is 7.87. The van der Waals surface area contributed by atoms with Gasteiger partial charge in [-0.3, -0.25) is 9.69 Å². The average molecular weight is 328 g/mol. The summed E-state index contributed by atoms with van der Waals surface area (Å²) in [5, 5.41) is -1.57. The van der Waals surface area contributed by atoms with Gasteiger partial charge in [0.2, 0.25) is 11.9 Å². The van der Waals surface area contributed by atoms with Crippen LogP contribution in [0.3, 0.4) is 0 Å². The van der Waals surface area contributed by atoms with Gasteiger partial charge in [0.15, 0.2) is 5.82 Å². The second-order valence-corrected chi connectivity index (χ2v) is 6.46. The molecule has 0 saturated carbocycles. The largest absolute Gasteiger partial charge is 0.368 e. The molecule has 7 nitrogen and oxygen atoms in total. The molecule has 2 heterocycles. The lowest BCUT2D eigenvalue weighted by molar-refractivity contribution is -0.117. The number of rotatable bonds is 2. The molecule has 1 unspecified atom stereocenters. The minimum atomic E-state index is -4.88. The van der Waals surface area contributed by atoms with Crippen molar-refractivity contribution >= 4 is 38.8 Å². The predicted molar refractivity (Wildman–Crippen MR) is 74.7 cm³/mol. The van der Waals surface area contributed by atoms with Crippen LogP contribution in [-0.2, 0) is 15.0 Å². The molecule has 1 aromatic heterocycles. The summed E-state index contributed by atoms with van der Waals surface area (Å²) in [5.41, 5.74) is 5.70. The molecule has 0 radical (unpaired) electrons. The second-order valence-electron chi connectivity index (χ2n) is 4.85. The molecule has 1 aromatic carbocycles. The molecule has 1 saturated heterocycles. The number of nitrogens with two attached hydrogens (primary N) is 1. The molecule has 1 aliphatic rings. The van der Waals surface area contributed by atoms with E-state index in [1.54, 1.807) is 0 Å². The third-order valence-corrected chi connectivity index (χ3v) is 4.53. The van der Waals surface area contributed by atoms with Crippen molar-refractivity contribution in [3.63, 3.8) is 0 Å². The Hall–Kier alpha value is -2.36. The molecule has 0 spiro atoms. The maximum absolute atomic E-state index is 14.0. The minimum Gasteiger partial charge on any atom is -0.368 e. The fraction of sp³-hybridized carbons (Fsp3) is 0.250. The van der Waals surface area contributed by atoms with E-state index in [2.05, 4.69) is 9.97 Å². The first-order valence-corrected chi connectivity index (χ1v) is 7.67. The number of aromatic nitrogens is 2. The number of benzene rings is 1. The van der Waals surface area contributed by atoms with E-state index >= 15 is 0 Å². The van der Waals surface area contributed by atoms with Crippen molar-refractivity contribution in [2.24, 2.45) is 0 Å². The quantitative estimate of drug-likeness (QED) is 0.816. The Labute approximate surface area is 124 Å². The van der Waals surface area contributed by atoms with Crippen LogP contribution >= 0.6 is 0 Å². The molecule has 1 atom stereocenters. The van der Waals surface area contributed by atoms with Gasteiger partial charge in [-0.15, -0.1) is 3.89 Å². The van der Waals surface area contributed by atoms with Crippen molar-refractivity contribution in [2.45, 2.75) is 11.7 Å². The van der Waals surface area contributed by atoms with Crippen LogP contribution in [0.25, 0.3) is 10.9 Å². The van der Waals surface area contributed by atoms with Crippen LogP contribution in [0.2, 0.25) is 0 Å². The van der Waals surface area contributed by atoms with E-state index in [0.717, 1.165) is 11.0 Å². The number of carbonyl (C=O) groups is 1. The number of amides is 1. The Bertz CT molecular complexity index is 887. The summed E-state index contributed by atoms with van der Waals surface area (Å²) < 4.78 is 49.1. The van der Waals surface area contributed by atoms with Gasteiger partial charge in [0, 0.05) is 13.0 Å². The molecule has 1 amide bonds. The third-order valence-electron chi connectivity index (χ3n) is 3.41. The number of hydrogen-bond acceptors (Lipinski definition) is 6. The van der Waals surface area contributed by atoms with Crippen molar-refractivity contribution < 1.29 is 21.5 Å².